The zero-order chi connectivity index (χ0) is 15.0. The van der Waals surface area contributed by atoms with Crippen molar-refractivity contribution in [2.24, 2.45) is 0 Å². The third-order valence-corrected chi connectivity index (χ3v) is 3.24. The zero-order valence-corrected chi connectivity index (χ0v) is 11.3. The van der Waals surface area contributed by atoms with Gasteiger partial charge in [0.05, 0.1) is 16.5 Å². The summed E-state index contributed by atoms with van der Waals surface area (Å²) in [4.78, 5) is 30.2. The Morgan fingerprint density at radius 3 is 2.71 bits per heavy atom. The van der Waals surface area contributed by atoms with E-state index in [9.17, 15) is 9.59 Å². The van der Waals surface area contributed by atoms with Crippen molar-refractivity contribution < 1.29 is 9.90 Å². The van der Waals surface area contributed by atoms with Crippen LogP contribution in [0.5, 0.6) is 0 Å². The molecule has 0 bridgehead atoms. The Hall–Kier alpha value is -2.95. The Morgan fingerprint density at radius 2 is 2.00 bits per heavy atom. The summed E-state index contributed by atoms with van der Waals surface area (Å²) >= 11 is 0. The first-order chi connectivity index (χ1) is 10.0. The molecule has 0 atom stereocenters. The Balaban J connectivity index is 2.23. The van der Waals surface area contributed by atoms with Gasteiger partial charge in [-0.2, -0.15) is 0 Å². The minimum absolute atomic E-state index is 0.0677. The van der Waals surface area contributed by atoms with Gasteiger partial charge in [-0.25, -0.2) is 9.78 Å². The van der Waals surface area contributed by atoms with Crippen molar-refractivity contribution in [1.82, 2.24) is 9.97 Å². The quantitative estimate of drug-likeness (QED) is 0.755. The minimum Gasteiger partial charge on any atom is -0.478 e. The molecule has 5 nitrogen and oxygen atoms in total. The van der Waals surface area contributed by atoms with Crippen LogP contribution in [0, 0.1) is 6.92 Å². The maximum absolute atomic E-state index is 12.1. The van der Waals surface area contributed by atoms with E-state index in [2.05, 4.69) is 9.97 Å². The summed E-state index contributed by atoms with van der Waals surface area (Å²) < 4.78 is 0. The maximum atomic E-state index is 12.1. The monoisotopic (exact) mass is 280 g/mol. The van der Waals surface area contributed by atoms with E-state index in [0.29, 0.717) is 11.3 Å². The Morgan fingerprint density at radius 1 is 1.19 bits per heavy atom. The summed E-state index contributed by atoms with van der Waals surface area (Å²) in [5.74, 6) is -0.599. The standard InChI is InChI=1S/C16H12N2O3/c1-9-3-2-4-10(7-9)14-17-13-6-5-11(16(20)21)8-12(13)15(19)18-14/h2-8H,1H3,(H,20,21)(H,17,18,19). The van der Waals surface area contributed by atoms with Crippen LogP contribution in [0.3, 0.4) is 0 Å². The highest BCUT2D eigenvalue weighted by molar-refractivity contribution is 5.93. The molecule has 2 N–H and O–H groups in total. The summed E-state index contributed by atoms with van der Waals surface area (Å²) in [5, 5.41) is 9.24. The van der Waals surface area contributed by atoms with Crippen molar-refractivity contribution >= 4 is 16.9 Å². The summed E-state index contributed by atoms with van der Waals surface area (Å²) in [5.41, 5.74) is 2.07. The number of hydrogen-bond donors (Lipinski definition) is 2. The van der Waals surface area contributed by atoms with Gasteiger partial charge in [0.1, 0.15) is 5.82 Å². The van der Waals surface area contributed by atoms with Gasteiger partial charge in [-0.05, 0) is 31.2 Å². The first-order valence-electron chi connectivity index (χ1n) is 6.39. The number of rotatable bonds is 2. The van der Waals surface area contributed by atoms with Crippen LogP contribution in [0.25, 0.3) is 22.3 Å². The molecule has 0 amide bonds. The first kappa shape index (κ1) is 13.1. The fraction of sp³-hybridized carbons (Fsp3) is 0.0625. The zero-order valence-electron chi connectivity index (χ0n) is 11.3. The summed E-state index contributed by atoms with van der Waals surface area (Å²) in [6, 6.07) is 12.0. The Kier molecular flexibility index (Phi) is 3.02. The van der Waals surface area contributed by atoms with Crippen molar-refractivity contribution in [3.8, 4) is 11.4 Å². The molecule has 0 aliphatic rings. The number of aryl methyl sites for hydroxylation is 1. The molecule has 3 rings (SSSR count). The van der Waals surface area contributed by atoms with Crippen molar-refractivity contribution in [1.29, 1.82) is 0 Å². The second-order valence-electron chi connectivity index (χ2n) is 4.82. The average Bonchev–Trinajstić information content (AvgIpc) is 2.46. The van der Waals surface area contributed by atoms with E-state index in [1.165, 1.54) is 12.1 Å². The lowest BCUT2D eigenvalue weighted by atomic mass is 10.1. The second kappa shape index (κ2) is 4.86. The van der Waals surface area contributed by atoms with Crippen LogP contribution in [-0.4, -0.2) is 21.0 Å². The smallest absolute Gasteiger partial charge is 0.335 e. The predicted molar refractivity (Wildman–Crippen MR) is 79.5 cm³/mol. The number of benzene rings is 2. The second-order valence-corrected chi connectivity index (χ2v) is 4.82. The molecule has 0 unspecified atom stereocenters. The molecule has 104 valence electrons. The third kappa shape index (κ3) is 2.41. The fourth-order valence-corrected chi connectivity index (χ4v) is 2.20. The van der Waals surface area contributed by atoms with Gasteiger partial charge < -0.3 is 10.1 Å². The molecule has 0 saturated carbocycles. The first-order valence-corrected chi connectivity index (χ1v) is 6.39. The number of aromatic amines is 1. The Labute approximate surface area is 119 Å². The molecular weight excluding hydrogens is 268 g/mol. The number of nitrogens with zero attached hydrogens (tertiary/aromatic N) is 1. The molecule has 5 heteroatoms. The number of carbonyl (C=O) groups is 1. The Bertz CT molecular complexity index is 913. The number of aromatic nitrogens is 2. The van der Waals surface area contributed by atoms with Crippen LogP contribution >= 0.6 is 0 Å². The minimum atomic E-state index is -1.07. The van der Waals surface area contributed by atoms with E-state index in [4.69, 9.17) is 5.11 Å². The van der Waals surface area contributed by atoms with E-state index in [1.807, 2.05) is 31.2 Å². The van der Waals surface area contributed by atoms with E-state index >= 15 is 0 Å². The van der Waals surface area contributed by atoms with Gasteiger partial charge in [-0.3, -0.25) is 4.79 Å². The van der Waals surface area contributed by atoms with Crippen LogP contribution in [-0.2, 0) is 0 Å². The van der Waals surface area contributed by atoms with Gasteiger partial charge in [-0.1, -0.05) is 23.8 Å². The fourth-order valence-electron chi connectivity index (χ4n) is 2.20. The lowest BCUT2D eigenvalue weighted by molar-refractivity contribution is 0.0697. The van der Waals surface area contributed by atoms with Crippen LogP contribution in [0.15, 0.2) is 47.3 Å². The largest absolute Gasteiger partial charge is 0.478 e. The van der Waals surface area contributed by atoms with E-state index in [1.54, 1.807) is 6.07 Å². The van der Waals surface area contributed by atoms with Gasteiger partial charge in [-0.15, -0.1) is 0 Å². The molecule has 0 radical (unpaired) electrons. The van der Waals surface area contributed by atoms with E-state index in [-0.39, 0.29) is 16.5 Å². The highest BCUT2D eigenvalue weighted by Gasteiger charge is 2.09. The van der Waals surface area contributed by atoms with Crippen molar-refractivity contribution in [2.45, 2.75) is 6.92 Å². The molecule has 3 aromatic rings. The molecule has 0 saturated heterocycles. The summed E-state index contributed by atoms with van der Waals surface area (Å²) in [7, 11) is 0. The molecule has 0 spiro atoms. The van der Waals surface area contributed by atoms with E-state index in [0.717, 1.165) is 11.1 Å². The molecule has 0 fully saturated rings. The van der Waals surface area contributed by atoms with Gasteiger partial charge in [0.2, 0.25) is 0 Å². The molecule has 0 aliphatic carbocycles. The normalized spacial score (nSPS) is 10.7. The highest BCUT2D eigenvalue weighted by atomic mass is 16.4. The lowest BCUT2D eigenvalue weighted by Crippen LogP contribution is -2.10. The van der Waals surface area contributed by atoms with Gasteiger partial charge in [0, 0.05) is 5.56 Å². The number of H-pyrrole nitrogens is 1. The summed E-state index contributed by atoms with van der Waals surface area (Å²) in [6.07, 6.45) is 0. The average molecular weight is 280 g/mol. The van der Waals surface area contributed by atoms with Gasteiger partial charge in [0.15, 0.2) is 0 Å². The number of carboxylic acid groups (broad SMARTS) is 1. The third-order valence-electron chi connectivity index (χ3n) is 3.24. The van der Waals surface area contributed by atoms with E-state index < -0.39 is 5.97 Å². The molecule has 0 aliphatic heterocycles. The number of hydrogen-bond acceptors (Lipinski definition) is 3. The van der Waals surface area contributed by atoms with Crippen LogP contribution in [0.2, 0.25) is 0 Å². The molecule has 1 heterocycles. The molecule has 21 heavy (non-hydrogen) atoms. The van der Waals surface area contributed by atoms with Crippen LogP contribution in [0.4, 0.5) is 0 Å². The van der Waals surface area contributed by atoms with Gasteiger partial charge in [0.25, 0.3) is 5.56 Å². The number of nitrogens with one attached hydrogen (secondary N) is 1. The van der Waals surface area contributed by atoms with Crippen molar-refractivity contribution in [2.75, 3.05) is 0 Å². The molecular formula is C16H12N2O3. The van der Waals surface area contributed by atoms with Crippen LogP contribution in [0.1, 0.15) is 15.9 Å². The number of carboxylic acids is 1. The molecule has 1 aromatic heterocycles. The van der Waals surface area contributed by atoms with Crippen molar-refractivity contribution in [3.63, 3.8) is 0 Å². The van der Waals surface area contributed by atoms with Crippen LogP contribution < -0.4 is 5.56 Å². The summed E-state index contributed by atoms with van der Waals surface area (Å²) in [6.45, 7) is 1.96. The topological polar surface area (TPSA) is 83.0 Å². The van der Waals surface area contributed by atoms with Crippen molar-refractivity contribution in [3.05, 3.63) is 63.9 Å². The SMILES string of the molecule is Cc1cccc(-c2nc3ccc(C(=O)O)cc3c(=O)[nH]2)c1. The predicted octanol–water partition coefficient (Wildman–Crippen LogP) is 2.60. The number of aromatic carboxylic acids is 1. The lowest BCUT2D eigenvalue weighted by Gasteiger charge is -2.04. The highest BCUT2D eigenvalue weighted by Crippen LogP contribution is 2.18. The van der Waals surface area contributed by atoms with Gasteiger partial charge >= 0.3 is 5.97 Å². The maximum Gasteiger partial charge on any atom is 0.335 e. The molecule has 2 aromatic carbocycles. The number of fused-ring (bicyclic) bond motifs is 1.